The first kappa shape index (κ1) is 14.4. The van der Waals surface area contributed by atoms with E-state index in [1.54, 1.807) is 11.3 Å². The standard InChI is InChI=1S/C16H19ClN4S/c17-12-3-1-11(2-4-12)9-15-19-20-16(22-15)21-8-7-13-5-6-14(10-21)18-13/h1-4,13-14,18H,5-10H2. The molecule has 2 atom stereocenters. The van der Waals surface area contributed by atoms with E-state index in [0.29, 0.717) is 12.1 Å². The van der Waals surface area contributed by atoms with Gasteiger partial charge in [-0.3, -0.25) is 0 Å². The van der Waals surface area contributed by atoms with E-state index in [2.05, 4.69) is 32.5 Å². The number of nitrogens with zero attached hydrogens (tertiary/aromatic N) is 3. The van der Waals surface area contributed by atoms with Crippen molar-refractivity contribution in [2.75, 3.05) is 18.0 Å². The van der Waals surface area contributed by atoms with E-state index in [9.17, 15) is 0 Å². The van der Waals surface area contributed by atoms with Crippen molar-refractivity contribution in [1.29, 1.82) is 0 Å². The van der Waals surface area contributed by atoms with Gasteiger partial charge in [-0.2, -0.15) is 0 Å². The SMILES string of the molecule is Clc1ccc(Cc2nnc(N3CCC4CCC(C3)N4)s2)cc1. The first-order valence-corrected chi connectivity index (χ1v) is 9.03. The number of hydrogen-bond acceptors (Lipinski definition) is 5. The van der Waals surface area contributed by atoms with Crippen molar-refractivity contribution in [1.82, 2.24) is 15.5 Å². The maximum absolute atomic E-state index is 5.93. The summed E-state index contributed by atoms with van der Waals surface area (Å²) in [6, 6.07) is 9.29. The Balaban J connectivity index is 1.45. The smallest absolute Gasteiger partial charge is 0.208 e. The van der Waals surface area contributed by atoms with Gasteiger partial charge >= 0.3 is 0 Å². The normalized spacial score (nSPS) is 24.5. The summed E-state index contributed by atoms with van der Waals surface area (Å²) in [5, 5.41) is 15.4. The van der Waals surface area contributed by atoms with Gasteiger partial charge in [0, 0.05) is 36.6 Å². The molecule has 0 radical (unpaired) electrons. The first-order chi connectivity index (χ1) is 10.8. The summed E-state index contributed by atoms with van der Waals surface area (Å²) < 4.78 is 0. The molecule has 2 saturated heterocycles. The molecule has 2 unspecified atom stereocenters. The molecule has 116 valence electrons. The fraction of sp³-hybridized carbons (Fsp3) is 0.500. The Kier molecular flexibility index (Phi) is 4.03. The van der Waals surface area contributed by atoms with Gasteiger partial charge in [0.1, 0.15) is 5.01 Å². The fourth-order valence-electron chi connectivity index (χ4n) is 3.34. The van der Waals surface area contributed by atoms with Crippen LogP contribution in [0.15, 0.2) is 24.3 Å². The Morgan fingerprint density at radius 3 is 2.82 bits per heavy atom. The molecule has 0 aliphatic carbocycles. The van der Waals surface area contributed by atoms with Crippen LogP contribution in [0.1, 0.15) is 29.8 Å². The average molecular weight is 335 g/mol. The lowest BCUT2D eigenvalue weighted by Gasteiger charge is -2.22. The number of hydrogen-bond donors (Lipinski definition) is 1. The second kappa shape index (κ2) is 6.14. The van der Waals surface area contributed by atoms with Gasteiger partial charge in [0.2, 0.25) is 5.13 Å². The van der Waals surface area contributed by atoms with Crippen molar-refractivity contribution in [3.63, 3.8) is 0 Å². The zero-order valence-electron chi connectivity index (χ0n) is 12.3. The van der Waals surface area contributed by atoms with Gasteiger partial charge in [-0.1, -0.05) is 35.1 Å². The van der Waals surface area contributed by atoms with Crippen LogP contribution >= 0.6 is 22.9 Å². The topological polar surface area (TPSA) is 41.1 Å². The van der Waals surface area contributed by atoms with Crippen molar-refractivity contribution in [3.8, 4) is 0 Å². The first-order valence-electron chi connectivity index (χ1n) is 7.84. The minimum absolute atomic E-state index is 0.621. The predicted molar refractivity (Wildman–Crippen MR) is 90.9 cm³/mol. The lowest BCUT2D eigenvalue weighted by atomic mass is 10.1. The molecular weight excluding hydrogens is 316 g/mol. The second-order valence-corrected chi connectivity index (χ2v) is 7.63. The molecule has 0 spiro atoms. The Bertz CT molecular complexity index is 642. The summed E-state index contributed by atoms with van der Waals surface area (Å²) >= 11 is 7.65. The van der Waals surface area contributed by atoms with E-state index in [-0.39, 0.29) is 0 Å². The van der Waals surface area contributed by atoms with Crippen LogP contribution in [0.4, 0.5) is 5.13 Å². The van der Waals surface area contributed by atoms with Crippen LogP contribution < -0.4 is 10.2 Å². The van der Waals surface area contributed by atoms with E-state index in [1.165, 1.54) is 24.8 Å². The molecule has 6 heteroatoms. The van der Waals surface area contributed by atoms with Gasteiger partial charge in [0.15, 0.2) is 0 Å². The highest BCUT2D eigenvalue weighted by Gasteiger charge is 2.30. The van der Waals surface area contributed by atoms with Crippen molar-refractivity contribution >= 4 is 28.1 Å². The van der Waals surface area contributed by atoms with E-state index < -0.39 is 0 Å². The molecule has 3 heterocycles. The lowest BCUT2D eigenvalue weighted by molar-refractivity contribution is 0.563. The van der Waals surface area contributed by atoms with Crippen LogP contribution in [0, 0.1) is 0 Å². The zero-order valence-corrected chi connectivity index (χ0v) is 13.9. The van der Waals surface area contributed by atoms with Crippen LogP contribution in [0.5, 0.6) is 0 Å². The van der Waals surface area contributed by atoms with E-state index >= 15 is 0 Å². The molecule has 1 N–H and O–H groups in total. The minimum Gasteiger partial charge on any atom is -0.345 e. The van der Waals surface area contributed by atoms with Gasteiger partial charge in [0.05, 0.1) is 0 Å². The highest BCUT2D eigenvalue weighted by Crippen LogP contribution is 2.27. The van der Waals surface area contributed by atoms with E-state index in [0.717, 1.165) is 34.7 Å². The van der Waals surface area contributed by atoms with Gasteiger partial charge in [-0.05, 0) is 37.0 Å². The van der Waals surface area contributed by atoms with E-state index in [1.807, 2.05) is 12.1 Å². The third-order valence-corrected chi connectivity index (χ3v) is 5.75. The predicted octanol–water partition coefficient (Wildman–Crippen LogP) is 3.11. The molecule has 2 bridgehead atoms. The van der Waals surface area contributed by atoms with Gasteiger partial charge in [-0.15, -0.1) is 10.2 Å². The van der Waals surface area contributed by atoms with Crippen molar-refractivity contribution in [3.05, 3.63) is 39.9 Å². The Labute approximate surface area is 139 Å². The average Bonchev–Trinajstić information content (AvgIpc) is 3.09. The second-order valence-electron chi connectivity index (χ2n) is 6.15. The zero-order chi connectivity index (χ0) is 14.9. The number of rotatable bonds is 3. The van der Waals surface area contributed by atoms with Crippen molar-refractivity contribution in [2.24, 2.45) is 0 Å². The maximum atomic E-state index is 5.93. The number of benzene rings is 1. The molecule has 4 rings (SSSR count). The van der Waals surface area contributed by atoms with Crippen LogP contribution in [-0.4, -0.2) is 35.4 Å². The summed E-state index contributed by atoms with van der Waals surface area (Å²) in [5.74, 6) is 0. The maximum Gasteiger partial charge on any atom is 0.208 e. The number of fused-ring (bicyclic) bond motifs is 2. The molecule has 2 aliphatic heterocycles. The van der Waals surface area contributed by atoms with Gasteiger partial charge in [0.25, 0.3) is 0 Å². The van der Waals surface area contributed by atoms with E-state index in [4.69, 9.17) is 11.6 Å². The van der Waals surface area contributed by atoms with Gasteiger partial charge in [-0.25, -0.2) is 0 Å². The van der Waals surface area contributed by atoms with Crippen LogP contribution in [0.3, 0.4) is 0 Å². The van der Waals surface area contributed by atoms with Crippen LogP contribution in [-0.2, 0) is 6.42 Å². The van der Waals surface area contributed by atoms with Crippen molar-refractivity contribution in [2.45, 2.75) is 37.8 Å². The molecular formula is C16H19ClN4S. The third-order valence-electron chi connectivity index (χ3n) is 4.52. The highest BCUT2D eigenvalue weighted by atomic mass is 35.5. The van der Waals surface area contributed by atoms with Crippen LogP contribution in [0.2, 0.25) is 5.02 Å². The molecule has 1 aromatic carbocycles. The molecule has 22 heavy (non-hydrogen) atoms. The number of aromatic nitrogens is 2. The molecule has 0 amide bonds. The molecule has 1 aromatic heterocycles. The minimum atomic E-state index is 0.621. The third kappa shape index (κ3) is 3.12. The summed E-state index contributed by atoms with van der Waals surface area (Å²) in [7, 11) is 0. The lowest BCUT2D eigenvalue weighted by Crippen LogP contribution is -2.35. The van der Waals surface area contributed by atoms with Crippen LogP contribution in [0.25, 0.3) is 0 Å². The highest BCUT2D eigenvalue weighted by molar-refractivity contribution is 7.15. The molecule has 2 fully saturated rings. The number of anilines is 1. The Morgan fingerprint density at radius 1 is 1.14 bits per heavy atom. The summed E-state index contributed by atoms with van der Waals surface area (Å²) in [5.41, 5.74) is 1.23. The fourth-order valence-corrected chi connectivity index (χ4v) is 4.37. The molecule has 4 nitrogen and oxygen atoms in total. The largest absolute Gasteiger partial charge is 0.345 e. The molecule has 2 aromatic rings. The Morgan fingerprint density at radius 2 is 1.95 bits per heavy atom. The summed E-state index contributed by atoms with van der Waals surface area (Å²) in [4.78, 5) is 2.40. The molecule has 2 aliphatic rings. The quantitative estimate of drug-likeness (QED) is 0.936. The Hall–Kier alpha value is -1.17. The van der Waals surface area contributed by atoms with Crippen molar-refractivity contribution < 1.29 is 0 Å². The monoisotopic (exact) mass is 334 g/mol. The number of halogens is 1. The summed E-state index contributed by atoms with van der Waals surface area (Å²) in [6.45, 7) is 2.15. The summed E-state index contributed by atoms with van der Waals surface area (Å²) in [6.07, 6.45) is 4.66. The van der Waals surface area contributed by atoms with Gasteiger partial charge < -0.3 is 10.2 Å². The number of nitrogens with one attached hydrogen (secondary N) is 1. The molecule has 0 saturated carbocycles.